The first kappa shape index (κ1) is 17.5. The molecule has 10 nitrogen and oxygen atoms in total. The molecule has 0 aliphatic carbocycles. The summed E-state index contributed by atoms with van der Waals surface area (Å²) in [6.07, 6.45) is 0. The standard InChI is InChI=1S/C14H20N6O4S/c1-7-12(8(2)24-19-7)25(22,23)20-5-10(11(6-20)14(21)15-4)13-16-9(3)17-18-13/h10-11H,5-6H2,1-4H3,(H,15,21)(H,16,17,18)/t10-,11-/m1/s1. The predicted molar refractivity (Wildman–Crippen MR) is 86.2 cm³/mol. The number of aromatic nitrogens is 4. The van der Waals surface area contributed by atoms with E-state index in [1.54, 1.807) is 20.8 Å². The van der Waals surface area contributed by atoms with Gasteiger partial charge in [0.25, 0.3) is 0 Å². The molecule has 2 N–H and O–H groups in total. The first-order valence-corrected chi connectivity index (χ1v) is 9.23. The number of carbonyl (C=O) groups excluding carboxylic acids is 1. The molecule has 0 radical (unpaired) electrons. The third-order valence-electron chi connectivity index (χ3n) is 4.38. The van der Waals surface area contributed by atoms with E-state index in [0.29, 0.717) is 17.3 Å². The van der Waals surface area contributed by atoms with Crippen LogP contribution in [-0.2, 0) is 14.8 Å². The van der Waals surface area contributed by atoms with Gasteiger partial charge in [-0.25, -0.2) is 13.4 Å². The van der Waals surface area contributed by atoms with Gasteiger partial charge in [-0.15, -0.1) is 0 Å². The van der Waals surface area contributed by atoms with Gasteiger partial charge in [-0.1, -0.05) is 5.16 Å². The van der Waals surface area contributed by atoms with Crippen LogP contribution in [0.4, 0.5) is 0 Å². The largest absolute Gasteiger partial charge is 0.360 e. The maximum atomic E-state index is 13.0. The van der Waals surface area contributed by atoms with Crippen LogP contribution in [-0.4, -0.2) is 59.1 Å². The van der Waals surface area contributed by atoms with Gasteiger partial charge in [-0.2, -0.15) is 9.40 Å². The number of hydrogen-bond acceptors (Lipinski definition) is 7. The Labute approximate surface area is 145 Å². The summed E-state index contributed by atoms with van der Waals surface area (Å²) in [6, 6.07) is 0. The second-order valence-corrected chi connectivity index (χ2v) is 7.96. The number of nitrogens with one attached hydrogen (secondary N) is 2. The third-order valence-corrected chi connectivity index (χ3v) is 6.46. The SMILES string of the molecule is CNC(=O)[C@@H]1CN(S(=O)(=O)c2c(C)noc2C)C[C@H]1c1n[nH]c(C)n1. The summed E-state index contributed by atoms with van der Waals surface area (Å²) in [6.45, 7) is 5.03. The average Bonchev–Trinajstić information content (AvgIpc) is 3.25. The molecule has 3 heterocycles. The van der Waals surface area contributed by atoms with E-state index in [9.17, 15) is 13.2 Å². The van der Waals surface area contributed by atoms with Crippen LogP contribution in [0, 0.1) is 26.7 Å². The second-order valence-electron chi connectivity index (χ2n) is 6.08. The minimum Gasteiger partial charge on any atom is -0.360 e. The molecule has 1 aliphatic heterocycles. The van der Waals surface area contributed by atoms with E-state index < -0.39 is 21.9 Å². The number of nitrogens with zero attached hydrogens (tertiary/aromatic N) is 4. The van der Waals surface area contributed by atoms with E-state index in [2.05, 4.69) is 25.7 Å². The Balaban J connectivity index is 1.98. The van der Waals surface area contributed by atoms with Crippen LogP contribution in [0.2, 0.25) is 0 Å². The maximum Gasteiger partial charge on any atom is 0.248 e. The molecule has 2 atom stereocenters. The van der Waals surface area contributed by atoms with Crippen molar-refractivity contribution in [2.45, 2.75) is 31.6 Å². The summed E-state index contributed by atoms with van der Waals surface area (Å²) >= 11 is 0. The number of H-pyrrole nitrogens is 1. The number of hydrogen-bond donors (Lipinski definition) is 2. The Bertz CT molecular complexity index is 883. The lowest BCUT2D eigenvalue weighted by Gasteiger charge is -2.15. The van der Waals surface area contributed by atoms with Gasteiger partial charge in [-0.05, 0) is 20.8 Å². The number of carbonyl (C=O) groups is 1. The van der Waals surface area contributed by atoms with Crippen molar-refractivity contribution in [3.05, 3.63) is 23.1 Å². The Kier molecular flexibility index (Phi) is 4.37. The molecule has 0 spiro atoms. The molecular formula is C14H20N6O4S. The van der Waals surface area contributed by atoms with Gasteiger partial charge in [0.2, 0.25) is 15.9 Å². The van der Waals surface area contributed by atoms with Crippen molar-refractivity contribution >= 4 is 15.9 Å². The van der Waals surface area contributed by atoms with Crippen LogP contribution in [0.3, 0.4) is 0 Å². The Morgan fingerprint density at radius 1 is 1.32 bits per heavy atom. The highest BCUT2D eigenvalue weighted by molar-refractivity contribution is 7.89. The molecule has 136 valence electrons. The van der Waals surface area contributed by atoms with E-state index in [-0.39, 0.29) is 29.7 Å². The van der Waals surface area contributed by atoms with Gasteiger partial charge in [0.15, 0.2) is 11.6 Å². The Hall–Kier alpha value is -2.27. The first-order chi connectivity index (χ1) is 11.8. The van der Waals surface area contributed by atoms with Gasteiger partial charge < -0.3 is 9.84 Å². The number of sulfonamides is 1. The van der Waals surface area contributed by atoms with Crippen molar-refractivity contribution in [2.75, 3.05) is 20.1 Å². The van der Waals surface area contributed by atoms with Crippen molar-refractivity contribution in [3.8, 4) is 0 Å². The van der Waals surface area contributed by atoms with Crippen molar-refractivity contribution in [3.63, 3.8) is 0 Å². The van der Waals surface area contributed by atoms with E-state index in [4.69, 9.17) is 4.52 Å². The molecule has 0 saturated carbocycles. The van der Waals surface area contributed by atoms with Gasteiger partial charge in [-0.3, -0.25) is 9.89 Å². The zero-order valence-electron chi connectivity index (χ0n) is 14.4. The lowest BCUT2D eigenvalue weighted by molar-refractivity contribution is -0.124. The molecule has 11 heteroatoms. The van der Waals surface area contributed by atoms with Crippen LogP contribution in [0.1, 0.15) is 29.0 Å². The summed E-state index contributed by atoms with van der Waals surface area (Å²) in [4.78, 5) is 16.6. The van der Waals surface area contributed by atoms with Gasteiger partial charge >= 0.3 is 0 Å². The molecule has 0 unspecified atom stereocenters. The van der Waals surface area contributed by atoms with Gasteiger partial charge in [0.1, 0.15) is 16.4 Å². The van der Waals surface area contributed by atoms with Crippen LogP contribution in [0.15, 0.2) is 9.42 Å². The van der Waals surface area contributed by atoms with Crippen molar-refractivity contribution in [1.82, 2.24) is 30.0 Å². The fraction of sp³-hybridized carbons (Fsp3) is 0.571. The number of rotatable bonds is 4. The molecule has 2 aromatic heterocycles. The Morgan fingerprint density at radius 2 is 2.04 bits per heavy atom. The molecular weight excluding hydrogens is 348 g/mol. The highest BCUT2D eigenvalue weighted by atomic mass is 32.2. The fourth-order valence-corrected chi connectivity index (χ4v) is 4.96. The zero-order valence-corrected chi connectivity index (χ0v) is 15.2. The van der Waals surface area contributed by atoms with E-state index in [1.807, 2.05) is 0 Å². The molecule has 1 aliphatic rings. The minimum absolute atomic E-state index is 0.0460. The average molecular weight is 368 g/mol. The molecule has 25 heavy (non-hydrogen) atoms. The van der Waals surface area contributed by atoms with Crippen LogP contribution in [0.5, 0.6) is 0 Å². The highest BCUT2D eigenvalue weighted by Crippen LogP contribution is 2.35. The molecule has 1 saturated heterocycles. The molecule has 0 aromatic carbocycles. The maximum absolute atomic E-state index is 13.0. The lowest BCUT2D eigenvalue weighted by Crippen LogP contribution is -2.34. The molecule has 1 amide bonds. The first-order valence-electron chi connectivity index (χ1n) is 7.79. The van der Waals surface area contributed by atoms with Crippen LogP contribution >= 0.6 is 0 Å². The zero-order chi connectivity index (χ0) is 18.4. The number of aromatic amines is 1. The monoisotopic (exact) mass is 368 g/mol. The summed E-state index contributed by atoms with van der Waals surface area (Å²) in [7, 11) is -2.31. The van der Waals surface area contributed by atoms with Crippen LogP contribution < -0.4 is 5.32 Å². The molecule has 1 fully saturated rings. The topological polar surface area (TPSA) is 134 Å². The molecule has 2 aromatic rings. The fourth-order valence-electron chi connectivity index (χ4n) is 3.17. The van der Waals surface area contributed by atoms with E-state index in [0.717, 1.165) is 0 Å². The second kappa shape index (κ2) is 6.23. The molecule has 0 bridgehead atoms. The van der Waals surface area contributed by atoms with E-state index >= 15 is 0 Å². The summed E-state index contributed by atoms with van der Waals surface area (Å²) in [5, 5.41) is 13.1. The van der Waals surface area contributed by atoms with Crippen LogP contribution in [0.25, 0.3) is 0 Å². The summed E-state index contributed by atoms with van der Waals surface area (Å²) in [5.74, 6) is 0.0194. The van der Waals surface area contributed by atoms with Crippen molar-refractivity contribution in [2.24, 2.45) is 5.92 Å². The predicted octanol–water partition coefficient (Wildman–Crippen LogP) is -0.132. The van der Waals surface area contributed by atoms with E-state index in [1.165, 1.54) is 11.4 Å². The normalized spacial score (nSPS) is 21.6. The lowest BCUT2D eigenvalue weighted by atomic mass is 9.94. The highest BCUT2D eigenvalue weighted by Gasteiger charge is 2.46. The Morgan fingerprint density at radius 3 is 2.56 bits per heavy atom. The van der Waals surface area contributed by atoms with Crippen molar-refractivity contribution < 1.29 is 17.7 Å². The van der Waals surface area contributed by atoms with Gasteiger partial charge in [0.05, 0.1) is 5.92 Å². The molecule has 3 rings (SSSR count). The van der Waals surface area contributed by atoms with Crippen molar-refractivity contribution in [1.29, 1.82) is 0 Å². The number of amides is 1. The summed E-state index contributed by atoms with van der Waals surface area (Å²) < 4.78 is 32.3. The number of aryl methyl sites for hydroxylation is 3. The van der Waals surface area contributed by atoms with Gasteiger partial charge in [0, 0.05) is 26.1 Å². The summed E-state index contributed by atoms with van der Waals surface area (Å²) in [5.41, 5.74) is 0.297. The smallest absolute Gasteiger partial charge is 0.248 e. The quantitative estimate of drug-likeness (QED) is 0.767. The third kappa shape index (κ3) is 2.93. The minimum atomic E-state index is -3.83.